The molecule has 1 saturated heterocycles. The molecule has 1 fully saturated rings. The van der Waals surface area contributed by atoms with E-state index in [9.17, 15) is 19.5 Å². The number of rotatable bonds is 12. The predicted molar refractivity (Wildman–Crippen MR) is 203 cm³/mol. The van der Waals surface area contributed by atoms with Crippen LogP contribution in [0.5, 0.6) is 0 Å². The Hall–Kier alpha value is -6.39. The van der Waals surface area contributed by atoms with E-state index in [0.29, 0.717) is 0 Å². The highest BCUT2D eigenvalue weighted by Gasteiger charge is 2.53. The molecule has 5 atom stereocenters. The quantitative estimate of drug-likeness (QED) is 0.0781. The summed E-state index contributed by atoms with van der Waals surface area (Å²) in [7, 11) is 0. The summed E-state index contributed by atoms with van der Waals surface area (Å²) in [4.78, 5) is 41.0. The van der Waals surface area contributed by atoms with Crippen molar-refractivity contribution >= 4 is 17.9 Å². The van der Waals surface area contributed by atoms with Gasteiger partial charge in [-0.05, 0) is 53.1 Å². The number of aliphatic hydroxyl groups excluding tert-OH is 1. The zero-order valence-corrected chi connectivity index (χ0v) is 29.6. The third-order valence-electron chi connectivity index (χ3n) is 9.37. The number of carbonyl (C=O) groups excluding carboxylic acids is 3. The van der Waals surface area contributed by atoms with Gasteiger partial charge in [0, 0.05) is 0 Å². The number of aliphatic hydroxyl groups is 1. The van der Waals surface area contributed by atoms with E-state index in [1.807, 2.05) is 91.0 Å². The molecule has 7 rings (SSSR count). The molecule has 0 amide bonds. The summed E-state index contributed by atoms with van der Waals surface area (Å²) in [5.74, 6) is -2.37. The summed E-state index contributed by atoms with van der Waals surface area (Å²) in [5, 5.41) is 11.7. The molecule has 9 heteroatoms. The molecule has 1 aliphatic heterocycles. The van der Waals surface area contributed by atoms with E-state index in [1.54, 1.807) is 91.0 Å². The number of ether oxygens (including phenoxy) is 5. The molecule has 276 valence electrons. The highest BCUT2D eigenvalue weighted by Crippen LogP contribution is 2.41. The van der Waals surface area contributed by atoms with E-state index >= 15 is 0 Å². The molecule has 55 heavy (non-hydrogen) atoms. The largest absolute Gasteiger partial charge is 0.452 e. The van der Waals surface area contributed by atoms with E-state index in [4.69, 9.17) is 23.7 Å². The molecular weight excluding hydrogens is 696 g/mol. The van der Waals surface area contributed by atoms with Crippen molar-refractivity contribution in [2.24, 2.45) is 0 Å². The van der Waals surface area contributed by atoms with Crippen LogP contribution in [0.15, 0.2) is 182 Å². The average Bonchev–Trinajstić information content (AvgIpc) is 3.25. The lowest BCUT2D eigenvalue weighted by Crippen LogP contribution is -2.62. The topological polar surface area (TPSA) is 118 Å². The molecule has 6 aromatic carbocycles. The van der Waals surface area contributed by atoms with Crippen LogP contribution < -0.4 is 0 Å². The molecule has 6 aromatic rings. The fraction of sp³-hybridized carbons (Fsp3) is 0.152. The Balaban J connectivity index is 1.31. The Morgan fingerprint density at radius 1 is 0.455 bits per heavy atom. The van der Waals surface area contributed by atoms with Gasteiger partial charge in [0.1, 0.15) is 11.7 Å². The van der Waals surface area contributed by atoms with Crippen LogP contribution in [-0.4, -0.2) is 60.3 Å². The molecule has 1 heterocycles. The van der Waals surface area contributed by atoms with Crippen molar-refractivity contribution in [2.45, 2.75) is 36.3 Å². The van der Waals surface area contributed by atoms with Gasteiger partial charge in [0.05, 0.1) is 23.3 Å². The van der Waals surface area contributed by atoms with Crippen LogP contribution in [0.2, 0.25) is 0 Å². The second-order valence-corrected chi connectivity index (χ2v) is 12.9. The highest BCUT2D eigenvalue weighted by molar-refractivity contribution is 5.91. The summed E-state index contributed by atoms with van der Waals surface area (Å²) in [6.07, 6.45) is -7.70. The number of carbonyl (C=O) groups is 3. The molecule has 0 saturated carbocycles. The van der Waals surface area contributed by atoms with E-state index in [-0.39, 0.29) is 23.3 Å². The average molecular weight is 735 g/mol. The molecule has 0 aliphatic carbocycles. The van der Waals surface area contributed by atoms with Crippen molar-refractivity contribution in [2.75, 3.05) is 6.61 Å². The number of hydrogen-bond acceptors (Lipinski definition) is 9. The van der Waals surface area contributed by atoms with Gasteiger partial charge >= 0.3 is 17.9 Å². The molecular formula is C46H38O9. The second kappa shape index (κ2) is 17.2. The van der Waals surface area contributed by atoms with Gasteiger partial charge in [-0.15, -0.1) is 0 Å². The van der Waals surface area contributed by atoms with Gasteiger partial charge in [0.25, 0.3) is 0 Å². The summed E-state index contributed by atoms with van der Waals surface area (Å²) >= 11 is 0. The van der Waals surface area contributed by atoms with Crippen LogP contribution in [0.4, 0.5) is 0 Å². The molecule has 0 bridgehead atoms. The lowest BCUT2D eigenvalue weighted by molar-refractivity contribution is -0.289. The van der Waals surface area contributed by atoms with Gasteiger partial charge in [-0.2, -0.15) is 0 Å². The first-order valence-corrected chi connectivity index (χ1v) is 17.9. The van der Waals surface area contributed by atoms with Crippen LogP contribution in [0, 0.1) is 0 Å². The fourth-order valence-electron chi connectivity index (χ4n) is 6.70. The van der Waals surface area contributed by atoms with E-state index in [0.717, 1.165) is 16.7 Å². The molecule has 0 radical (unpaired) electrons. The van der Waals surface area contributed by atoms with Gasteiger partial charge in [-0.25, -0.2) is 14.4 Å². The first-order valence-electron chi connectivity index (χ1n) is 17.9. The summed E-state index contributed by atoms with van der Waals surface area (Å²) in [6, 6.07) is 53.5. The Morgan fingerprint density at radius 3 is 1.13 bits per heavy atom. The van der Waals surface area contributed by atoms with Gasteiger partial charge < -0.3 is 28.8 Å². The van der Waals surface area contributed by atoms with Gasteiger partial charge in [0.2, 0.25) is 0 Å². The summed E-state index contributed by atoms with van der Waals surface area (Å²) < 4.78 is 31.3. The van der Waals surface area contributed by atoms with Crippen molar-refractivity contribution in [3.63, 3.8) is 0 Å². The summed E-state index contributed by atoms with van der Waals surface area (Å²) in [6.45, 7) is -0.290. The van der Waals surface area contributed by atoms with Gasteiger partial charge in [-0.1, -0.05) is 146 Å². The predicted octanol–water partition coefficient (Wildman–Crippen LogP) is 7.39. The first kappa shape index (κ1) is 36.9. The Kier molecular flexibility index (Phi) is 11.5. The van der Waals surface area contributed by atoms with Gasteiger partial charge in [-0.3, -0.25) is 0 Å². The fourth-order valence-corrected chi connectivity index (χ4v) is 6.70. The zero-order chi connectivity index (χ0) is 38.0. The SMILES string of the molecule is O=C(O[C@@H]1[C@@H](OC(=O)c2ccccc2)[C@H](O)O[C@H](COC(c2ccccc2)(c2ccccc2)c2ccccc2)[C@@H]1OC(=O)c1ccccc1)c1ccccc1. The third kappa shape index (κ3) is 8.24. The Labute approximate surface area is 318 Å². The van der Waals surface area contributed by atoms with Crippen molar-refractivity contribution in [3.05, 3.63) is 215 Å². The maximum Gasteiger partial charge on any atom is 0.338 e. The number of hydrogen-bond donors (Lipinski definition) is 1. The minimum atomic E-state index is -1.83. The molecule has 0 spiro atoms. The zero-order valence-electron chi connectivity index (χ0n) is 29.6. The Morgan fingerprint density at radius 2 is 0.764 bits per heavy atom. The molecule has 9 nitrogen and oxygen atoms in total. The lowest BCUT2D eigenvalue weighted by Gasteiger charge is -2.44. The first-order chi connectivity index (χ1) is 26.9. The highest BCUT2D eigenvalue weighted by atomic mass is 16.7. The minimum Gasteiger partial charge on any atom is -0.452 e. The number of benzene rings is 6. The van der Waals surface area contributed by atoms with Crippen LogP contribution >= 0.6 is 0 Å². The minimum absolute atomic E-state index is 0.185. The van der Waals surface area contributed by atoms with E-state index in [1.165, 1.54) is 0 Å². The van der Waals surface area contributed by atoms with Crippen molar-refractivity contribution in [1.82, 2.24) is 0 Å². The normalized spacial score (nSPS) is 19.5. The van der Waals surface area contributed by atoms with Crippen molar-refractivity contribution in [3.8, 4) is 0 Å². The monoisotopic (exact) mass is 734 g/mol. The summed E-state index contributed by atoms with van der Waals surface area (Å²) in [5.41, 5.74) is 1.75. The van der Waals surface area contributed by atoms with E-state index < -0.39 is 54.2 Å². The molecule has 0 unspecified atom stereocenters. The van der Waals surface area contributed by atoms with Crippen LogP contribution in [0.1, 0.15) is 47.8 Å². The second-order valence-electron chi connectivity index (χ2n) is 12.9. The maximum atomic E-state index is 13.8. The van der Waals surface area contributed by atoms with Crippen molar-refractivity contribution < 1.29 is 43.2 Å². The van der Waals surface area contributed by atoms with Crippen LogP contribution in [0.25, 0.3) is 0 Å². The standard InChI is InChI=1S/C46H38O9/c47-42(32-19-7-1-8-20-32)53-39-38(31-51-46(35-25-13-4-14-26-35,36-27-15-5-16-28-36)37-29-17-6-18-30-37)52-45(50)41(55-44(49)34-23-11-3-12-24-34)40(39)54-43(48)33-21-9-2-10-22-33/h1-30,38-41,45,50H,31H2/t38-,39+,40+,41-,45-/m1/s1. The van der Waals surface area contributed by atoms with Crippen LogP contribution in [0.3, 0.4) is 0 Å². The Bertz CT molecular complexity index is 2050. The molecule has 0 aromatic heterocycles. The van der Waals surface area contributed by atoms with E-state index in [2.05, 4.69) is 0 Å². The van der Waals surface area contributed by atoms with Crippen molar-refractivity contribution in [1.29, 1.82) is 0 Å². The molecule has 1 aliphatic rings. The molecule has 1 N–H and O–H groups in total. The smallest absolute Gasteiger partial charge is 0.338 e. The third-order valence-corrected chi connectivity index (χ3v) is 9.37. The van der Waals surface area contributed by atoms with Crippen LogP contribution in [-0.2, 0) is 29.3 Å². The maximum absolute atomic E-state index is 13.8. The lowest BCUT2D eigenvalue weighted by atomic mass is 9.80. The number of esters is 3. The van der Waals surface area contributed by atoms with Gasteiger partial charge in [0.15, 0.2) is 24.6 Å².